The van der Waals surface area contributed by atoms with Crippen LogP contribution < -0.4 is 9.64 Å². The number of hydrogen-bond acceptors (Lipinski definition) is 4. The summed E-state index contributed by atoms with van der Waals surface area (Å²) >= 11 is 0. The van der Waals surface area contributed by atoms with E-state index in [2.05, 4.69) is 4.98 Å². The Morgan fingerprint density at radius 1 is 1.07 bits per heavy atom. The maximum atomic E-state index is 13.1. The van der Waals surface area contributed by atoms with Crippen molar-refractivity contribution >= 4 is 28.4 Å². The number of aromatic nitrogens is 1. The van der Waals surface area contributed by atoms with Crippen molar-refractivity contribution in [3.63, 3.8) is 0 Å². The molecule has 2 heterocycles. The van der Waals surface area contributed by atoms with E-state index in [4.69, 9.17) is 4.74 Å². The minimum atomic E-state index is -0.156. The van der Waals surface area contributed by atoms with E-state index < -0.39 is 0 Å². The smallest absolute Gasteiger partial charge is 0.256 e. The number of ether oxygens (including phenoxy) is 1. The molecule has 0 N–H and O–H groups in total. The molecule has 0 unspecified atom stereocenters. The van der Waals surface area contributed by atoms with Crippen LogP contribution in [-0.4, -0.2) is 48.4 Å². The maximum Gasteiger partial charge on any atom is 0.256 e. The first-order valence-electron chi connectivity index (χ1n) is 9.58. The number of carbonyl (C=O) groups is 2. The first-order chi connectivity index (χ1) is 14.0. The first kappa shape index (κ1) is 18.9. The zero-order chi connectivity index (χ0) is 20.5. The molecule has 0 spiro atoms. The normalized spacial score (nSPS) is 14.4. The van der Waals surface area contributed by atoms with Crippen LogP contribution >= 0.6 is 0 Å². The number of anilines is 1. The predicted octanol–water partition coefficient (Wildman–Crippen LogP) is 3.35. The molecule has 2 aromatic carbocycles. The van der Waals surface area contributed by atoms with E-state index in [1.807, 2.05) is 62.4 Å². The lowest BCUT2D eigenvalue weighted by Crippen LogP contribution is -2.52. The van der Waals surface area contributed by atoms with Crippen molar-refractivity contribution in [3.05, 3.63) is 65.4 Å². The number of amides is 2. The second-order valence-electron chi connectivity index (χ2n) is 7.24. The molecule has 0 atom stereocenters. The number of pyridine rings is 1. The lowest BCUT2D eigenvalue weighted by atomic mass is 10.1. The van der Waals surface area contributed by atoms with E-state index in [-0.39, 0.29) is 18.4 Å². The molecule has 3 aromatic rings. The molecule has 1 aliphatic heterocycles. The summed E-state index contributed by atoms with van der Waals surface area (Å²) in [7, 11) is 1.60. The molecule has 0 saturated carbocycles. The number of nitrogens with zero attached hydrogens (tertiary/aromatic N) is 3. The number of piperazine rings is 1. The summed E-state index contributed by atoms with van der Waals surface area (Å²) in [6, 6.07) is 15.2. The van der Waals surface area contributed by atoms with Gasteiger partial charge in [-0.25, -0.2) is 0 Å². The highest BCUT2D eigenvalue weighted by atomic mass is 16.5. The van der Waals surface area contributed by atoms with Gasteiger partial charge in [0.1, 0.15) is 12.3 Å². The Hall–Kier alpha value is -3.41. The van der Waals surface area contributed by atoms with Gasteiger partial charge in [-0.3, -0.25) is 14.6 Å². The summed E-state index contributed by atoms with van der Waals surface area (Å²) in [6.45, 7) is 4.80. The Balaban J connectivity index is 1.56. The SMILES string of the molecule is COc1cccc(N2CCN(C(=O)c3cc4cccc(C)c4nc3C)CC2=O)c1. The molecule has 29 heavy (non-hydrogen) atoms. The minimum absolute atomic E-state index is 0.0430. The van der Waals surface area contributed by atoms with Crippen molar-refractivity contribution in [3.8, 4) is 5.75 Å². The molecule has 1 saturated heterocycles. The summed E-state index contributed by atoms with van der Waals surface area (Å²) in [5.74, 6) is 0.430. The van der Waals surface area contributed by atoms with Crippen LogP contribution in [0.5, 0.6) is 5.75 Å². The molecule has 1 aromatic heterocycles. The van der Waals surface area contributed by atoms with Crippen LogP contribution in [0.25, 0.3) is 10.9 Å². The fourth-order valence-corrected chi connectivity index (χ4v) is 3.72. The van der Waals surface area contributed by atoms with Crippen LogP contribution in [0.3, 0.4) is 0 Å². The van der Waals surface area contributed by atoms with Gasteiger partial charge in [0.15, 0.2) is 0 Å². The molecule has 148 valence electrons. The van der Waals surface area contributed by atoms with Crippen molar-refractivity contribution in [1.29, 1.82) is 0 Å². The molecule has 1 aliphatic rings. The van der Waals surface area contributed by atoms with Gasteiger partial charge in [-0.05, 0) is 37.6 Å². The van der Waals surface area contributed by atoms with Crippen molar-refractivity contribution < 1.29 is 14.3 Å². The number of fused-ring (bicyclic) bond motifs is 1. The Kier molecular flexibility index (Phi) is 4.92. The lowest BCUT2D eigenvalue weighted by Gasteiger charge is -2.34. The van der Waals surface area contributed by atoms with E-state index in [9.17, 15) is 9.59 Å². The summed E-state index contributed by atoms with van der Waals surface area (Å²) in [5, 5.41) is 0.931. The van der Waals surface area contributed by atoms with Crippen LogP contribution in [0.15, 0.2) is 48.5 Å². The number of hydrogen-bond donors (Lipinski definition) is 0. The van der Waals surface area contributed by atoms with Crippen LogP contribution in [-0.2, 0) is 4.79 Å². The molecular formula is C23H23N3O3. The molecule has 4 rings (SSSR count). The third kappa shape index (κ3) is 3.53. The van der Waals surface area contributed by atoms with Gasteiger partial charge in [0.05, 0.1) is 23.9 Å². The van der Waals surface area contributed by atoms with Gasteiger partial charge in [0.25, 0.3) is 5.91 Å². The van der Waals surface area contributed by atoms with Gasteiger partial charge in [-0.1, -0.05) is 24.3 Å². The third-order valence-corrected chi connectivity index (χ3v) is 5.34. The van der Waals surface area contributed by atoms with Crippen molar-refractivity contribution in [1.82, 2.24) is 9.88 Å². The van der Waals surface area contributed by atoms with Gasteiger partial charge in [-0.2, -0.15) is 0 Å². The number of benzene rings is 2. The standard InChI is InChI=1S/C23H23N3O3/c1-15-6-4-7-17-12-20(16(2)24-22(15)17)23(28)25-10-11-26(21(27)14-25)18-8-5-9-19(13-18)29-3/h4-9,12-13H,10-11,14H2,1-3H3. The molecule has 0 radical (unpaired) electrons. The Bertz CT molecular complexity index is 1110. The van der Waals surface area contributed by atoms with Gasteiger partial charge in [-0.15, -0.1) is 0 Å². The Labute approximate surface area is 169 Å². The highest BCUT2D eigenvalue weighted by Gasteiger charge is 2.29. The van der Waals surface area contributed by atoms with E-state index in [0.717, 1.165) is 22.2 Å². The van der Waals surface area contributed by atoms with Gasteiger partial charge in [0, 0.05) is 30.2 Å². The second-order valence-corrected chi connectivity index (χ2v) is 7.24. The Morgan fingerprint density at radius 2 is 1.86 bits per heavy atom. The molecule has 1 fully saturated rings. The predicted molar refractivity (Wildman–Crippen MR) is 112 cm³/mol. The highest BCUT2D eigenvalue weighted by molar-refractivity contribution is 6.03. The lowest BCUT2D eigenvalue weighted by molar-refractivity contribution is -0.120. The fourth-order valence-electron chi connectivity index (χ4n) is 3.72. The van der Waals surface area contributed by atoms with Gasteiger partial charge < -0.3 is 14.5 Å². The largest absolute Gasteiger partial charge is 0.497 e. The summed E-state index contributed by atoms with van der Waals surface area (Å²) < 4.78 is 5.25. The molecule has 6 heteroatoms. The molecule has 0 aliphatic carbocycles. The number of carbonyl (C=O) groups excluding carboxylic acids is 2. The molecule has 6 nitrogen and oxygen atoms in total. The van der Waals surface area contributed by atoms with E-state index >= 15 is 0 Å². The van der Waals surface area contributed by atoms with E-state index in [1.54, 1.807) is 16.9 Å². The number of rotatable bonds is 3. The average Bonchev–Trinajstić information content (AvgIpc) is 2.73. The summed E-state index contributed by atoms with van der Waals surface area (Å²) in [4.78, 5) is 33.8. The zero-order valence-electron chi connectivity index (χ0n) is 16.8. The van der Waals surface area contributed by atoms with Gasteiger partial charge in [0.2, 0.25) is 5.91 Å². The van der Waals surface area contributed by atoms with E-state index in [1.165, 1.54) is 0 Å². The monoisotopic (exact) mass is 389 g/mol. The van der Waals surface area contributed by atoms with Gasteiger partial charge >= 0.3 is 0 Å². The summed E-state index contributed by atoms with van der Waals surface area (Å²) in [5.41, 5.74) is 3.98. The minimum Gasteiger partial charge on any atom is -0.497 e. The third-order valence-electron chi connectivity index (χ3n) is 5.34. The second kappa shape index (κ2) is 7.54. The van der Waals surface area contributed by atoms with Crippen molar-refractivity contribution in [2.45, 2.75) is 13.8 Å². The molecule has 0 bridgehead atoms. The Morgan fingerprint density at radius 3 is 2.62 bits per heavy atom. The van der Waals surface area contributed by atoms with Crippen LogP contribution in [0, 0.1) is 13.8 Å². The molecule has 2 amide bonds. The fraction of sp³-hybridized carbons (Fsp3) is 0.261. The quantitative estimate of drug-likeness (QED) is 0.689. The average molecular weight is 389 g/mol. The molecular weight excluding hydrogens is 366 g/mol. The van der Waals surface area contributed by atoms with Crippen LogP contribution in [0.4, 0.5) is 5.69 Å². The van der Waals surface area contributed by atoms with Crippen molar-refractivity contribution in [2.75, 3.05) is 31.6 Å². The van der Waals surface area contributed by atoms with Crippen LogP contribution in [0.1, 0.15) is 21.6 Å². The van der Waals surface area contributed by atoms with E-state index in [0.29, 0.717) is 30.1 Å². The maximum absolute atomic E-state index is 13.1. The zero-order valence-corrected chi connectivity index (χ0v) is 16.8. The van der Waals surface area contributed by atoms with Crippen molar-refractivity contribution in [2.24, 2.45) is 0 Å². The summed E-state index contributed by atoms with van der Waals surface area (Å²) in [6.07, 6.45) is 0. The van der Waals surface area contributed by atoms with Crippen LogP contribution in [0.2, 0.25) is 0 Å². The number of methoxy groups -OCH3 is 1. The number of aryl methyl sites for hydroxylation is 2. The first-order valence-corrected chi connectivity index (χ1v) is 9.58. The topological polar surface area (TPSA) is 62.7 Å². The number of para-hydroxylation sites is 1. The highest BCUT2D eigenvalue weighted by Crippen LogP contribution is 2.24.